The normalized spacial score (nSPS) is 11.2. The molecule has 0 aliphatic carbocycles. The highest BCUT2D eigenvalue weighted by Gasteiger charge is 2.38. The Morgan fingerprint density at radius 1 is 0.970 bits per heavy atom. The molecule has 0 fully saturated rings. The van der Waals surface area contributed by atoms with Crippen molar-refractivity contribution in [2.24, 2.45) is 0 Å². The minimum absolute atomic E-state index is 0.0853. The van der Waals surface area contributed by atoms with E-state index in [0.29, 0.717) is 11.4 Å². The zero-order valence-electron chi connectivity index (χ0n) is 19.3. The Morgan fingerprint density at radius 3 is 2.21 bits per heavy atom. The topological polar surface area (TPSA) is 83.8 Å². The summed E-state index contributed by atoms with van der Waals surface area (Å²) in [6, 6.07) is 10.3. The van der Waals surface area contributed by atoms with Gasteiger partial charge in [-0.05, 0) is 51.5 Å². The molecule has 0 aliphatic rings. The Kier molecular flexibility index (Phi) is 9.25. The van der Waals surface area contributed by atoms with Gasteiger partial charge in [-0.1, -0.05) is 61.5 Å². The molecule has 0 heterocycles. The molecule has 9 heteroatoms. The number of benzene rings is 2. The summed E-state index contributed by atoms with van der Waals surface area (Å²) in [5.41, 5.74) is -0.982. The van der Waals surface area contributed by atoms with E-state index in [1.807, 2.05) is 0 Å². The van der Waals surface area contributed by atoms with Crippen LogP contribution in [-0.4, -0.2) is 38.8 Å². The summed E-state index contributed by atoms with van der Waals surface area (Å²) in [7, 11) is 0. The molecule has 0 aliphatic heterocycles. The van der Waals surface area contributed by atoms with Gasteiger partial charge in [0.1, 0.15) is 5.56 Å². The number of rotatable bonds is 8. The SMILES string of the molecule is CCCCCCN(C(=O)c1ccc(Cl)c(Cl)c1)N(C(=O)c1ccccc1[N+](=O)[O-])C(C)(C)C. The second-order valence-electron chi connectivity index (χ2n) is 8.68. The van der Waals surface area contributed by atoms with E-state index in [4.69, 9.17) is 23.2 Å². The van der Waals surface area contributed by atoms with Gasteiger partial charge in [0.05, 0.1) is 20.5 Å². The average Bonchev–Trinajstić information content (AvgIpc) is 2.76. The lowest BCUT2D eigenvalue weighted by atomic mass is 10.0. The molecule has 0 saturated carbocycles. The Balaban J connectivity index is 2.56. The standard InChI is InChI=1S/C24H29Cl2N3O4/c1-5-6-7-10-15-27(22(30)17-13-14-19(25)20(26)16-17)28(24(2,3)4)23(31)18-11-8-9-12-21(18)29(32)33/h8-9,11-14,16H,5-7,10,15H2,1-4H3. The summed E-state index contributed by atoms with van der Waals surface area (Å²) in [5, 5.41) is 14.8. The first kappa shape index (κ1) is 26.6. The highest BCUT2D eigenvalue weighted by atomic mass is 35.5. The number of hydrogen-bond acceptors (Lipinski definition) is 4. The summed E-state index contributed by atoms with van der Waals surface area (Å²) in [5.74, 6) is -1.06. The van der Waals surface area contributed by atoms with E-state index in [2.05, 4.69) is 6.92 Å². The van der Waals surface area contributed by atoms with Crippen molar-refractivity contribution in [3.05, 3.63) is 73.8 Å². The van der Waals surface area contributed by atoms with E-state index in [0.717, 1.165) is 19.3 Å². The van der Waals surface area contributed by atoms with E-state index in [1.54, 1.807) is 32.9 Å². The van der Waals surface area contributed by atoms with Gasteiger partial charge < -0.3 is 0 Å². The molecule has 2 rings (SSSR count). The van der Waals surface area contributed by atoms with Crippen molar-refractivity contribution in [3.63, 3.8) is 0 Å². The predicted octanol–water partition coefficient (Wildman–Crippen LogP) is 6.78. The molecule has 2 aromatic rings. The van der Waals surface area contributed by atoms with Crippen molar-refractivity contribution in [1.29, 1.82) is 0 Å². The van der Waals surface area contributed by atoms with Gasteiger partial charge in [0.25, 0.3) is 17.5 Å². The molecule has 0 atom stereocenters. The summed E-state index contributed by atoms with van der Waals surface area (Å²) in [6.07, 6.45) is 3.54. The summed E-state index contributed by atoms with van der Waals surface area (Å²) in [4.78, 5) is 38.3. The number of hydrazine groups is 1. The minimum atomic E-state index is -0.850. The highest BCUT2D eigenvalue weighted by molar-refractivity contribution is 6.42. The van der Waals surface area contributed by atoms with Crippen molar-refractivity contribution >= 4 is 40.7 Å². The van der Waals surface area contributed by atoms with E-state index in [9.17, 15) is 19.7 Å². The summed E-state index contributed by atoms with van der Waals surface area (Å²) >= 11 is 12.1. The monoisotopic (exact) mass is 493 g/mol. The van der Waals surface area contributed by atoms with Crippen LogP contribution < -0.4 is 0 Å². The average molecular weight is 494 g/mol. The smallest absolute Gasteiger partial charge is 0.267 e. The van der Waals surface area contributed by atoms with Crippen molar-refractivity contribution < 1.29 is 14.5 Å². The molecule has 2 amide bonds. The first-order valence-corrected chi connectivity index (χ1v) is 11.6. The van der Waals surface area contributed by atoms with E-state index in [1.165, 1.54) is 40.3 Å². The van der Waals surface area contributed by atoms with Crippen molar-refractivity contribution in [2.75, 3.05) is 6.54 Å². The summed E-state index contributed by atoms with van der Waals surface area (Å²) < 4.78 is 0. The van der Waals surface area contributed by atoms with Crippen LogP contribution >= 0.6 is 23.2 Å². The lowest BCUT2D eigenvalue weighted by molar-refractivity contribution is -0.385. The second kappa shape index (κ2) is 11.5. The molecular formula is C24H29Cl2N3O4. The third-order valence-corrected chi connectivity index (χ3v) is 5.76. The van der Waals surface area contributed by atoms with Gasteiger partial charge in [-0.3, -0.25) is 19.7 Å². The number of amides is 2. The fourth-order valence-corrected chi connectivity index (χ4v) is 3.76. The number of hydrogen-bond donors (Lipinski definition) is 0. The molecule has 0 spiro atoms. The largest absolute Gasteiger partial charge is 0.282 e. The maximum absolute atomic E-state index is 13.7. The number of halogens is 2. The number of carbonyl (C=O) groups is 2. The first-order valence-electron chi connectivity index (χ1n) is 10.8. The van der Waals surface area contributed by atoms with Crippen LogP contribution in [0.1, 0.15) is 74.1 Å². The fraction of sp³-hybridized carbons (Fsp3) is 0.417. The first-order chi connectivity index (χ1) is 15.5. The second-order valence-corrected chi connectivity index (χ2v) is 9.49. The van der Waals surface area contributed by atoms with E-state index in [-0.39, 0.29) is 28.4 Å². The van der Waals surface area contributed by atoms with Crippen molar-refractivity contribution in [3.8, 4) is 0 Å². The van der Waals surface area contributed by atoms with E-state index < -0.39 is 22.3 Å². The quantitative estimate of drug-likeness (QED) is 0.230. The Morgan fingerprint density at radius 2 is 1.64 bits per heavy atom. The summed E-state index contributed by atoms with van der Waals surface area (Å²) in [6.45, 7) is 7.68. The molecule has 178 valence electrons. The molecule has 33 heavy (non-hydrogen) atoms. The molecule has 7 nitrogen and oxygen atoms in total. The Hall–Kier alpha value is -2.64. The van der Waals surface area contributed by atoms with Gasteiger partial charge in [-0.15, -0.1) is 0 Å². The van der Waals surface area contributed by atoms with E-state index >= 15 is 0 Å². The zero-order chi connectivity index (χ0) is 24.8. The van der Waals surface area contributed by atoms with Gasteiger partial charge in [-0.2, -0.15) is 0 Å². The van der Waals surface area contributed by atoms with Gasteiger partial charge >= 0.3 is 0 Å². The number of nitro benzene ring substituents is 1. The molecule has 2 aromatic carbocycles. The van der Waals surface area contributed by atoms with Gasteiger partial charge in [0.15, 0.2) is 0 Å². The van der Waals surface area contributed by atoms with Crippen LogP contribution in [-0.2, 0) is 0 Å². The molecule has 0 saturated heterocycles. The molecule has 0 bridgehead atoms. The Bertz CT molecular complexity index is 1020. The number of unbranched alkanes of at least 4 members (excludes halogenated alkanes) is 3. The van der Waals surface area contributed by atoms with Crippen LogP contribution in [0.25, 0.3) is 0 Å². The maximum atomic E-state index is 13.7. The third-order valence-electron chi connectivity index (χ3n) is 5.02. The van der Waals surface area contributed by atoms with Gasteiger partial charge in [0, 0.05) is 18.2 Å². The van der Waals surface area contributed by atoms with Crippen molar-refractivity contribution in [1.82, 2.24) is 10.0 Å². The zero-order valence-corrected chi connectivity index (χ0v) is 20.8. The molecule has 0 radical (unpaired) electrons. The van der Waals surface area contributed by atoms with Crippen LogP contribution in [0, 0.1) is 10.1 Å². The van der Waals surface area contributed by atoms with Crippen molar-refractivity contribution in [2.45, 2.75) is 58.9 Å². The van der Waals surface area contributed by atoms with Gasteiger partial charge in [-0.25, -0.2) is 10.0 Å². The van der Waals surface area contributed by atoms with Crippen LogP contribution in [0.15, 0.2) is 42.5 Å². The lowest BCUT2D eigenvalue weighted by Crippen LogP contribution is -2.58. The van der Waals surface area contributed by atoms with Crippen LogP contribution in [0.4, 0.5) is 5.69 Å². The minimum Gasteiger partial charge on any atom is -0.267 e. The maximum Gasteiger partial charge on any atom is 0.282 e. The number of nitrogens with zero attached hydrogens (tertiary/aromatic N) is 3. The fourth-order valence-electron chi connectivity index (χ4n) is 3.46. The number of nitro groups is 1. The Labute approximate surface area is 204 Å². The molecule has 0 aromatic heterocycles. The number of carbonyl (C=O) groups excluding carboxylic acids is 2. The number of para-hydroxylation sites is 1. The predicted molar refractivity (Wildman–Crippen MR) is 131 cm³/mol. The van der Waals surface area contributed by atoms with Crippen LogP contribution in [0.3, 0.4) is 0 Å². The van der Waals surface area contributed by atoms with Crippen LogP contribution in [0.5, 0.6) is 0 Å². The third kappa shape index (κ3) is 6.68. The molecular weight excluding hydrogens is 465 g/mol. The van der Waals surface area contributed by atoms with Crippen LogP contribution in [0.2, 0.25) is 10.0 Å². The lowest BCUT2D eigenvalue weighted by Gasteiger charge is -2.43. The molecule has 0 N–H and O–H groups in total. The highest BCUT2D eigenvalue weighted by Crippen LogP contribution is 2.28. The van der Waals surface area contributed by atoms with Gasteiger partial charge in [0.2, 0.25) is 0 Å². The molecule has 0 unspecified atom stereocenters.